The first-order valence-electron chi connectivity index (χ1n) is 11.5. The van der Waals surface area contributed by atoms with Crippen LogP contribution in [0.25, 0.3) is 6.08 Å². The number of ether oxygens (including phenoxy) is 3. The van der Waals surface area contributed by atoms with Crippen LogP contribution in [0.15, 0.2) is 66.2 Å². The van der Waals surface area contributed by atoms with E-state index < -0.39 is 17.8 Å². The Kier molecular flexibility index (Phi) is 7.79. The summed E-state index contributed by atoms with van der Waals surface area (Å²) in [5.74, 6) is 0.187. The largest absolute Gasteiger partial charge is 0.493 e. The normalized spacial score (nSPS) is 14.5. The predicted octanol–water partition coefficient (Wildman–Crippen LogP) is 5.09. The molecular weight excluding hydrogens is 496 g/mol. The van der Waals surface area contributed by atoms with Gasteiger partial charge in [-0.1, -0.05) is 35.9 Å². The van der Waals surface area contributed by atoms with Gasteiger partial charge in [0.2, 0.25) is 0 Å². The lowest BCUT2D eigenvalue weighted by atomic mass is 10.1. The van der Waals surface area contributed by atoms with Crippen LogP contribution in [0.1, 0.15) is 16.7 Å². The van der Waals surface area contributed by atoms with Gasteiger partial charge in [-0.05, 0) is 73.0 Å². The van der Waals surface area contributed by atoms with Crippen molar-refractivity contribution in [1.29, 1.82) is 0 Å². The maximum atomic E-state index is 13.1. The first-order chi connectivity index (χ1) is 17.8. The predicted molar refractivity (Wildman–Crippen MR) is 140 cm³/mol. The standard InChI is InChI=1S/C28H25ClN2O6/c1-17-5-4-6-18(2)25(17)37-14-13-36-23-12-7-19(16-24(23)35-3)15-22-26(32)30-28(34)31(27(22)33)21-10-8-20(29)9-11-21/h4-12,15-16H,13-14H2,1-3H3,(H,30,32,34)/b22-15-. The van der Waals surface area contributed by atoms with Gasteiger partial charge in [0.05, 0.1) is 12.8 Å². The van der Waals surface area contributed by atoms with Crippen molar-refractivity contribution in [1.82, 2.24) is 5.32 Å². The number of barbiturate groups is 1. The number of carbonyl (C=O) groups is 3. The summed E-state index contributed by atoms with van der Waals surface area (Å²) in [4.78, 5) is 38.8. The van der Waals surface area contributed by atoms with Gasteiger partial charge >= 0.3 is 6.03 Å². The number of anilines is 1. The van der Waals surface area contributed by atoms with Gasteiger partial charge in [-0.15, -0.1) is 0 Å². The van der Waals surface area contributed by atoms with Crippen LogP contribution in [0.2, 0.25) is 5.02 Å². The molecule has 8 nitrogen and oxygen atoms in total. The third-order valence-electron chi connectivity index (χ3n) is 5.68. The van der Waals surface area contributed by atoms with E-state index in [2.05, 4.69) is 5.32 Å². The first kappa shape index (κ1) is 25.8. The number of nitrogens with zero attached hydrogens (tertiary/aromatic N) is 1. The van der Waals surface area contributed by atoms with Crippen LogP contribution in [-0.4, -0.2) is 38.2 Å². The fourth-order valence-corrected chi connectivity index (χ4v) is 3.99. The van der Waals surface area contributed by atoms with Crippen molar-refractivity contribution in [3.8, 4) is 17.2 Å². The fourth-order valence-electron chi connectivity index (χ4n) is 3.86. The molecule has 0 unspecified atom stereocenters. The number of benzene rings is 3. The van der Waals surface area contributed by atoms with E-state index in [1.807, 2.05) is 32.0 Å². The molecule has 1 aliphatic heterocycles. The zero-order valence-corrected chi connectivity index (χ0v) is 21.3. The Labute approximate surface area is 219 Å². The van der Waals surface area contributed by atoms with Crippen LogP contribution in [0.4, 0.5) is 10.5 Å². The number of carbonyl (C=O) groups excluding carboxylic acids is 3. The van der Waals surface area contributed by atoms with Gasteiger partial charge in [-0.25, -0.2) is 9.69 Å². The summed E-state index contributed by atoms with van der Waals surface area (Å²) in [5, 5.41) is 2.65. The number of nitrogens with one attached hydrogen (secondary N) is 1. The Balaban J connectivity index is 1.48. The molecule has 4 rings (SSSR count). The fraction of sp³-hybridized carbons (Fsp3) is 0.179. The maximum Gasteiger partial charge on any atom is 0.335 e. The van der Waals surface area contributed by atoms with E-state index in [1.54, 1.807) is 30.3 Å². The number of amides is 4. The van der Waals surface area contributed by atoms with Gasteiger partial charge in [0, 0.05) is 5.02 Å². The quantitative estimate of drug-likeness (QED) is 0.252. The molecule has 9 heteroatoms. The van der Waals surface area contributed by atoms with Crippen molar-refractivity contribution in [2.45, 2.75) is 13.8 Å². The zero-order valence-electron chi connectivity index (χ0n) is 20.5. The highest BCUT2D eigenvalue weighted by Crippen LogP contribution is 2.30. The molecule has 190 valence electrons. The van der Waals surface area contributed by atoms with Gasteiger partial charge in [0.1, 0.15) is 24.5 Å². The van der Waals surface area contributed by atoms with Gasteiger partial charge in [-0.2, -0.15) is 0 Å². The number of aryl methyl sites for hydroxylation is 2. The average molecular weight is 521 g/mol. The van der Waals surface area contributed by atoms with Crippen LogP contribution in [-0.2, 0) is 9.59 Å². The van der Waals surface area contributed by atoms with Gasteiger partial charge < -0.3 is 14.2 Å². The molecule has 1 fully saturated rings. The van der Waals surface area contributed by atoms with E-state index in [0.717, 1.165) is 21.8 Å². The van der Waals surface area contributed by atoms with Gasteiger partial charge in [0.25, 0.3) is 11.8 Å². The number of imide groups is 2. The summed E-state index contributed by atoms with van der Waals surface area (Å²) in [7, 11) is 1.49. The van der Waals surface area contributed by atoms with Crippen molar-refractivity contribution in [3.63, 3.8) is 0 Å². The molecule has 0 bridgehead atoms. The van der Waals surface area contributed by atoms with Crippen LogP contribution in [0.3, 0.4) is 0 Å². The van der Waals surface area contributed by atoms with Crippen LogP contribution >= 0.6 is 11.6 Å². The Morgan fingerprint density at radius 3 is 2.24 bits per heavy atom. The third-order valence-corrected chi connectivity index (χ3v) is 5.93. The minimum absolute atomic E-state index is 0.202. The number of hydrogen-bond acceptors (Lipinski definition) is 6. The molecule has 1 N–H and O–H groups in total. The van der Waals surface area contributed by atoms with E-state index in [0.29, 0.717) is 28.7 Å². The highest BCUT2D eigenvalue weighted by Gasteiger charge is 2.36. The lowest BCUT2D eigenvalue weighted by Crippen LogP contribution is -2.54. The molecule has 0 radical (unpaired) electrons. The summed E-state index contributed by atoms with van der Waals surface area (Å²) in [6, 6.07) is 16.3. The number of para-hydroxylation sites is 1. The second-order valence-electron chi connectivity index (χ2n) is 8.26. The second kappa shape index (κ2) is 11.2. The Hall–Kier alpha value is -4.30. The molecule has 1 heterocycles. The van der Waals surface area contributed by atoms with Crippen molar-refractivity contribution in [3.05, 3.63) is 87.9 Å². The number of halogens is 1. The SMILES string of the molecule is COc1cc(/C=C2/C(=O)NC(=O)N(c3ccc(Cl)cc3)C2=O)ccc1OCCOc1c(C)cccc1C. The zero-order chi connectivity index (χ0) is 26.5. The van der Waals surface area contributed by atoms with E-state index in [4.69, 9.17) is 25.8 Å². The van der Waals surface area contributed by atoms with E-state index in [1.165, 1.54) is 25.3 Å². The molecule has 1 aliphatic rings. The smallest absolute Gasteiger partial charge is 0.335 e. The molecular formula is C28H25ClN2O6. The summed E-state index contributed by atoms with van der Waals surface area (Å²) < 4.78 is 17.2. The lowest BCUT2D eigenvalue weighted by Gasteiger charge is -2.26. The summed E-state index contributed by atoms with van der Waals surface area (Å²) >= 11 is 5.91. The number of urea groups is 1. The molecule has 0 aliphatic carbocycles. The third kappa shape index (κ3) is 5.76. The van der Waals surface area contributed by atoms with Crippen molar-refractivity contribution >= 4 is 41.2 Å². The highest BCUT2D eigenvalue weighted by atomic mass is 35.5. The van der Waals surface area contributed by atoms with E-state index >= 15 is 0 Å². The molecule has 0 saturated carbocycles. The summed E-state index contributed by atoms with van der Waals surface area (Å²) in [5.41, 5.74) is 2.70. The van der Waals surface area contributed by atoms with Crippen molar-refractivity contribution in [2.24, 2.45) is 0 Å². The maximum absolute atomic E-state index is 13.1. The van der Waals surface area contributed by atoms with Crippen LogP contribution in [0.5, 0.6) is 17.2 Å². The summed E-state index contributed by atoms with van der Waals surface area (Å²) in [6.07, 6.45) is 1.39. The molecule has 0 atom stereocenters. The average Bonchev–Trinajstić information content (AvgIpc) is 2.87. The highest BCUT2D eigenvalue weighted by molar-refractivity contribution is 6.39. The second-order valence-corrected chi connectivity index (χ2v) is 8.70. The molecule has 37 heavy (non-hydrogen) atoms. The molecule has 1 saturated heterocycles. The molecule has 3 aromatic carbocycles. The number of methoxy groups -OCH3 is 1. The van der Waals surface area contributed by atoms with Crippen LogP contribution in [0, 0.1) is 13.8 Å². The molecule has 4 amide bonds. The van der Waals surface area contributed by atoms with Gasteiger partial charge in [-0.3, -0.25) is 14.9 Å². The van der Waals surface area contributed by atoms with E-state index in [-0.39, 0.29) is 17.9 Å². The Morgan fingerprint density at radius 2 is 1.57 bits per heavy atom. The topological polar surface area (TPSA) is 94.2 Å². The van der Waals surface area contributed by atoms with E-state index in [9.17, 15) is 14.4 Å². The lowest BCUT2D eigenvalue weighted by molar-refractivity contribution is -0.122. The molecule has 0 aromatic heterocycles. The van der Waals surface area contributed by atoms with Crippen molar-refractivity contribution in [2.75, 3.05) is 25.2 Å². The van der Waals surface area contributed by atoms with Crippen LogP contribution < -0.4 is 24.4 Å². The Bertz CT molecular complexity index is 1360. The minimum Gasteiger partial charge on any atom is -0.493 e. The first-order valence-corrected chi connectivity index (χ1v) is 11.8. The number of hydrogen-bond donors (Lipinski definition) is 1. The van der Waals surface area contributed by atoms with Gasteiger partial charge in [0.15, 0.2) is 11.5 Å². The summed E-state index contributed by atoms with van der Waals surface area (Å²) in [6.45, 7) is 4.59. The molecule has 0 spiro atoms. The molecule has 3 aromatic rings. The monoisotopic (exact) mass is 520 g/mol. The number of rotatable bonds is 8. The minimum atomic E-state index is -0.834. The van der Waals surface area contributed by atoms with Crippen molar-refractivity contribution < 1.29 is 28.6 Å². The Morgan fingerprint density at radius 1 is 0.892 bits per heavy atom.